The molecule has 2 rings (SSSR count). The van der Waals surface area contributed by atoms with Gasteiger partial charge in [-0.2, -0.15) is 13.2 Å². The van der Waals surface area contributed by atoms with Crippen LogP contribution < -0.4 is 5.32 Å². The Morgan fingerprint density at radius 3 is 2.44 bits per heavy atom. The second kappa shape index (κ2) is 6.83. The maximum Gasteiger partial charge on any atom is 0.437 e. The van der Waals surface area contributed by atoms with Crippen molar-refractivity contribution in [1.29, 1.82) is 0 Å². The van der Waals surface area contributed by atoms with Crippen molar-refractivity contribution in [2.24, 2.45) is 5.92 Å². The molecule has 0 radical (unpaired) electrons. The molecule has 1 aliphatic rings. The van der Waals surface area contributed by atoms with Gasteiger partial charge in [0.1, 0.15) is 5.92 Å². The smallest absolute Gasteiger partial charge is 0.437 e. The molecule has 25 heavy (non-hydrogen) atoms. The number of carbonyl (C=O) groups is 2. The summed E-state index contributed by atoms with van der Waals surface area (Å²) in [5.41, 5.74) is -3.48. The first-order valence-electron chi connectivity index (χ1n) is 7.29. The number of carbonyl (C=O) groups excluding carboxylic acids is 2. The lowest BCUT2D eigenvalue weighted by Crippen LogP contribution is -2.73. The molecule has 1 aliphatic heterocycles. The van der Waals surface area contributed by atoms with E-state index < -0.39 is 35.9 Å². The Balaban J connectivity index is 2.62. The normalized spacial score (nSPS) is 27.0. The van der Waals surface area contributed by atoms with Gasteiger partial charge in [-0.05, 0) is 24.6 Å². The first kappa shape index (κ1) is 19.5. The van der Waals surface area contributed by atoms with Crippen LogP contribution in [0.25, 0.3) is 0 Å². The number of esters is 1. The lowest BCUT2D eigenvalue weighted by atomic mass is 9.81. The summed E-state index contributed by atoms with van der Waals surface area (Å²) in [6.45, 7) is 1.26. The molecule has 1 fully saturated rings. The number of nitrogens with zero attached hydrogens (tertiary/aromatic N) is 1. The average Bonchev–Trinajstić information content (AvgIpc) is 2.52. The van der Waals surface area contributed by atoms with Crippen molar-refractivity contribution in [3.05, 3.63) is 34.3 Å². The summed E-state index contributed by atoms with van der Waals surface area (Å²) in [6.07, 6.45) is -5.27. The summed E-state index contributed by atoms with van der Waals surface area (Å²) in [5, 5.41) is 12.7. The van der Waals surface area contributed by atoms with Gasteiger partial charge in [0.05, 0.1) is 12.6 Å². The molecule has 0 saturated carbocycles. The molecule has 10 heteroatoms. The van der Waals surface area contributed by atoms with Crippen molar-refractivity contribution in [2.75, 3.05) is 13.7 Å². The van der Waals surface area contributed by atoms with E-state index in [2.05, 4.69) is 21.2 Å². The third-order valence-electron chi connectivity index (χ3n) is 4.05. The molecule has 0 spiro atoms. The van der Waals surface area contributed by atoms with E-state index in [4.69, 9.17) is 4.74 Å². The lowest BCUT2D eigenvalue weighted by Gasteiger charge is -2.49. The Morgan fingerprint density at radius 2 is 1.96 bits per heavy atom. The first-order valence-corrected chi connectivity index (χ1v) is 8.08. The van der Waals surface area contributed by atoms with Crippen LogP contribution in [0.3, 0.4) is 0 Å². The zero-order valence-corrected chi connectivity index (χ0v) is 14.9. The van der Waals surface area contributed by atoms with Gasteiger partial charge in [-0.1, -0.05) is 28.1 Å². The number of ether oxygens (including phenoxy) is 1. The summed E-state index contributed by atoms with van der Waals surface area (Å²) in [6, 6.07) is 3.42. The van der Waals surface area contributed by atoms with Crippen molar-refractivity contribution in [2.45, 2.75) is 24.9 Å². The van der Waals surface area contributed by atoms with E-state index in [0.29, 0.717) is 4.47 Å². The molecule has 3 atom stereocenters. The highest BCUT2D eigenvalue weighted by Crippen LogP contribution is 2.46. The third-order valence-corrected chi connectivity index (χ3v) is 4.58. The SMILES string of the molecule is CCOC(=O)[C@H]1[C@H](c2ccc(Br)cc2)NC(=O)N(C)[C@]1(O)C(F)(F)F. The van der Waals surface area contributed by atoms with E-state index in [0.717, 1.165) is 7.05 Å². The van der Waals surface area contributed by atoms with Gasteiger partial charge in [0.25, 0.3) is 5.72 Å². The zero-order valence-electron chi connectivity index (χ0n) is 13.3. The molecule has 0 aliphatic carbocycles. The number of urea groups is 1. The minimum atomic E-state index is -5.27. The van der Waals surface area contributed by atoms with E-state index >= 15 is 0 Å². The molecule has 2 N–H and O–H groups in total. The molecule has 1 heterocycles. The maximum absolute atomic E-state index is 13.7. The third kappa shape index (κ3) is 3.32. The second-order valence-corrected chi connectivity index (χ2v) is 6.41. The van der Waals surface area contributed by atoms with Crippen LogP contribution in [-0.4, -0.2) is 47.6 Å². The van der Waals surface area contributed by atoms with E-state index in [-0.39, 0.29) is 17.1 Å². The van der Waals surface area contributed by atoms with Crippen LogP contribution in [0.1, 0.15) is 18.5 Å². The summed E-state index contributed by atoms with van der Waals surface area (Å²) in [4.78, 5) is 24.4. The molecule has 0 aromatic heterocycles. The van der Waals surface area contributed by atoms with Gasteiger partial charge >= 0.3 is 18.2 Å². The number of aliphatic hydroxyl groups is 1. The largest absolute Gasteiger partial charge is 0.466 e. The Labute approximate surface area is 150 Å². The topological polar surface area (TPSA) is 78.9 Å². The van der Waals surface area contributed by atoms with Crippen molar-refractivity contribution in [1.82, 2.24) is 10.2 Å². The zero-order chi connectivity index (χ0) is 19.0. The molecule has 1 aromatic rings. The van der Waals surface area contributed by atoms with Crippen LogP contribution in [0.4, 0.5) is 18.0 Å². The highest BCUT2D eigenvalue weighted by Gasteiger charge is 2.69. The minimum absolute atomic E-state index is 0.0734. The Morgan fingerprint density at radius 1 is 1.40 bits per heavy atom. The fourth-order valence-corrected chi connectivity index (χ4v) is 3.02. The van der Waals surface area contributed by atoms with Crippen LogP contribution in [0.5, 0.6) is 0 Å². The molecule has 1 saturated heterocycles. The predicted molar refractivity (Wildman–Crippen MR) is 84.3 cm³/mol. The van der Waals surface area contributed by atoms with Gasteiger partial charge in [-0.25, -0.2) is 4.79 Å². The van der Waals surface area contributed by atoms with E-state index in [1.165, 1.54) is 19.1 Å². The highest BCUT2D eigenvalue weighted by molar-refractivity contribution is 9.10. The number of rotatable bonds is 3. The molecule has 6 nitrogen and oxygen atoms in total. The number of hydrogen-bond donors (Lipinski definition) is 2. The van der Waals surface area contributed by atoms with E-state index in [1.807, 2.05) is 0 Å². The molecular formula is C15H16BrF3N2O4. The summed E-state index contributed by atoms with van der Waals surface area (Å²) >= 11 is 3.20. The standard InChI is InChI=1S/C15H16BrF3N2O4/c1-3-25-12(22)10-11(8-4-6-9(16)7-5-8)20-13(23)21(2)14(10,24)15(17,18)19/h4-7,10-11,24H,3H2,1-2H3,(H,20,23)/t10-,11+,14-/m1/s1. The van der Waals surface area contributed by atoms with Crippen molar-refractivity contribution < 1.29 is 32.6 Å². The van der Waals surface area contributed by atoms with Crippen LogP contribution in [-0.2, 0) is 9.53 Å². The monoisotopic (exact) mass is 424 g/mol. The lowest BCUT2D eigenvalue weighted by molar-refractivity contribution is -0.328. The number of halogens is 4. The Hall–Kier alpha value is -1.81. The Kier molecular flexibility index (Phi) is 5.33. The molecule has 0 bridgehead atoms. The molecule has 138 valence electrons. The van der Waals surface area contributed by atoms with Gasteiger partial charge < -0.3 is 15.2 Å². The van der Waals surface area contributed by atoms with Gasteiger partial charge in [0.15, 0.2) is 0 Å². The number of nitrogens with one attached hydrogen (secondary N) is 1. The Bertz CT molecular complexity index is 668. The number of hydrogen-bond acceptors (Lipinski definition) is 4. The fraction of sp³-hybridized carbons (Fsp3) is 0.467. The van der Waals surface area contributed by atoms with Crippen molar-refractivity contribution in [3.8, 4) is 0 Å². The van der Waals surface area contributed by atoms with E-state index in [9.17, 15) is 27.9 Å². The van der Waals surface area contributed by atoms with Gasteiger partial charge in [-0.3, -0.25) is 9.69 Å². The minimum Gasteiger partial charge on any atom is -0.466 e. The molecule has 0 unspecified atom stereocenters. The first-order chi connectivity index (χ1) is 11.5. The van der Waals surface area contributed by atoms with Crippen LogP contribution >= 0.6 is 15.9 Å². The average molecular weight is 425 g/mol. The van der Waals surface area contributed by atoms with Gasteiger partial charge in [-0.15, -0.1) is 0 Å². The highest BCUT2D eigenvalue weighted by atomic mass is 79.9. The molecule has 1 aromatic carbocycles. The maximum atomic E-state index is 13.7. The quantitative estimate of drug-likeness (QED) is 0.730. The molecular weight excluding hydrogens is 409 g/mol. The summed E-state index contributed by atoms with van der Waals surface area (Å²) in [5.74, 6) is -3.36. The second-order valence-electron chi connectivity index (χ2n) is 5.49. The van der Waals surface area contributed by atoms with Gasteiger partial charge in [0.2, 0.25) is 0 Å². The van der Waals surface area contributed by atoms with Crippen molar-refractivity contribution >= 4 is 27.9 Å². The van der Waals surface area contributed by atoms with Crippen molar-refractivity contribution in [3.63, 3.8) is 0 Å². The van der Waals surface area contributed by atoms with E-state index in [1.54, 1.807) is 12.1 Å². The summed E-state index contributed by atoms with van der Waals surface area (Å²) < 4.78 is 46.4. The predicted octanol–water partition coefficient (Wildman–Crippen LogP) is 2.58. The van der Waals surface area contributed by atoms with Crippen LogP contribution in [0.2, 0.25) is 0 Å². The number of amides is 2. The summed E-state index contributed by atoms with van der Waals surface area (Å²) in [7, 11) is 0.771. The fourth-order valence-electron chi connectivity index (χ4n) is 2.75. The van der Waals surface area contributed by atoms with Crippen LogP contribution in [0, 0.1) is 5.92 Å². The van der Waals surface area contributed by atoms with Crippen LogP contribution in [0.15, 0.2) is 28.7 Å². The molecule has 2 amide bonds. The number of alkyl halides is 3. The number of benzene rings is 1. The van der Waals surface area contributed by atoms with Gasteiger partial charge in [0, 0.05) is 11.5 Å².